The maximum absolute atomic E-state index is 13.3. The summed E-state index contributed by atoms with van der Waals surface area (Å²) in [6.07, 6.45) is -4.86. The van der Waals surface area contributed by atoms with E-state index < -0.39 is 45.5 Å². The van der Waals surface area contributed by atoms with Crippen LogP contribution in [0.5, 0.6) is 0 Å². The van der Waals surface area contributed by atoms with Crippen LogP contribution < -0.4 is 5.32 Å². The summed E-state index contributed by atoms with van der Waals surface area (Å²) in [6, 6.07) is 3.60. The molecule has 0 radical (unpaired) electrons. The smallest absolute Gasteiger partial charge is 0.322 e. The summed E-state index contributed by atoms with van der Waals surface area (Å²) in [5, 5.41) is 12.7. The zero-order valence-corrected chi connectivity index (χ0v) is 11.5. The molecule has 0 atom stereocenters. The summed E-state index contributed by atoms with van der Waals surface area (Å²) in [7, 11) is 0. The highest BCUT2D eigenvalue weighted by atomic mass is 19.4. The summed E-state index contributed by atoms with van der Waals surface area (Å²) in [6.45, 7) is 0. The normalized spacial score (nSPS) is 11.2. The van der Waals surface area contributed by atoms with Crippen molar-refractivity contribution in [3.63, 3.8) is 0 Å². The fourth-order valence-electron chi connectivity index (χ4n) is 1.82. The lowest BCUT2D eigenvalue weighted by Gasteiger charge is -2.10. The van der Waals surface area contributed by atoms with Gasteiger partial charge in [0.25, 0.3) is 5.91 Å². The van der Waals surface area contributed by atoms with Crippen molar-refractivity contribution in [3.8, 4) is 0 Å². The highest BCUT2D eigenvalue weighted by molar-refractivity contribution is 6.04. The highest BCUT2D eigenvalue weighted by Gasteiger charge is 2.32. The second-order valence-corrected chi connectivity index (χ2v) is 4.60. The molecule has 24 heavy (non-hydrogen) atoms. The molecule has 2 aromatic carbocycles. The third-order valence-electron chi connectivity index (χ3n) is 2.89. The van der Waals surface area contributed by atoms with E-state index >= 15 is 0 Å². The molecule has 5 nitrogen and oxygen atoms in total. The largest absolute Gasteiger partial charge is 0.416 e. The second-order valence-electron chi connectivity index (χ2n) is 4.60. The molecule has 10 heteroatoms. The van der Waals surface area contributed by atoms with Crippen LogP contribution in [0.3, 0.4) is 0 Å². The molecule has 0 heterocycles. The lowest BCUT2D eigenvalue weighted by Crippen LogP contribution is -2.15. The topological polar surface area (TPSA) is 72.2 Å². The summed E-state index contributed by atoms with van der Waals surface area (Å²) in [5.41, 5.74) is -3.17. The standard InChI is InChI=1S/C14H7F5N2O3/c15-9-4-7(3-8(5-9)14(17,18)19)13(22)20-10-1-2-11(16)12(6-10)21(23)24/h1-6H,(H,20,22). The maximum Gasteiger partial charge on any atom is 0.416 e. The molecule has 0 spiro atoms. The van der Waals surface area contributed by atoms with Crippen LogP contribution in [0.15, 0.2) is 36.4 Å². The lowest BCUT2D eigenvalue weighted by atomic mass is 10.1. The number of carbonyl (C=O) groups is 1. The van der Waals surface area contributed by atoms with Gasteiger partial charge >= 0.3 is 11.9 Å². The zero-order valence-electron chi connectivity index (χ0n) is 11.5. The molecule has 0 aliphatic heterocycles. The number of carbonyl (C=O) groups excluding carboxylic acids is 1. The Kier molecular flexibility index (Phi) is 4.49. The lowest BCUT2D eigenvalue weighted by molar-refractivity contribution is -0.387. The fraction of sp³-hybridized carbons (Fsp3) is 0.0714. The number of benzene rings is 2. The van der Waals surface area contributed by atoms with Gasteiger partial charge in [-0.15, -0.1) is 0 Å². The van der Waals surface area contributed by atoms with Gasteiger partial charge in [0.05, 0.1) is 10.5 Å². The molecule has 0 aromatic heterocycles. The van der Waals surface area contributed by atoms with Crippen LogP contribution in [-0.4, -0.2) is 10.8 Å². The molecule has 0 fully saturated rings. The van der Waals surface area contributed by atoms with Crippen LogP contribution in [0.1, 0.15) is 15.9 Å². The van der Waals surface area contributed by atoms with Gasteiger partial charge < -0.3 is 5.32 Å². The van der Waals surface area contributed by atoms with Gasteiger partial charge in [-0.3, -0.25) is 14.9 Å². The van der Waals surface area contributed by atoms with Crippen molar-refractivity contribution in [1.82, 2.24) is 0 Å². The average Bonchev–Trinajstić information content (AvgIpc) is 2.47. The minimum atomic E-state index is -4.86. The van der Waals surface area contributed by atoms with Crippen molar-refractivity contribution >= 4 is 17.3 Å². The fourth-order valence-corrected chi connectivity index (χ4v) is 1.82. The van der Waals surface area contributed by atoms with Gasteiger partial charge in [-0.25, -0.2) is 4.39 Å². The van der Waals surface area contributed by atoms with Crippen LogP contribution in [0.4, 0.5) is 33.3 Å². The Morgan fingerprint density at radius 2 is 1.75 bits per heavy atom. The van der Waals surface area contributed by atoms with Gasteiger partial charge in [0.1, 0.15) is 5.82 Å². The van der Waals surface area contributed by atoms with E-state index in [0.717, 1.165) is 6.07 Å². The van der Waals surface area contributed by atoms with Gasteiger partial charge in [0, 0.05) is 17.3 Å². The van der Waals surface area contributed by atoms with Crippen LogP contribution in [0, 0.1) is 21.7 Å². The number of nitrogens with one attached hydrogen (secondary N) is 1. The maximum atomic E-state index is 13.3. The Labute approximate surface area is 130 Å². The monoisotopic (exact) mass is 346 g/mol. The molecule has 0 aliphatic rings. The minimum absolute atomic E-state index is 0.222. The Morgan fingerprint density at radius 1 is 1.08 bits per heavy atom. The van der Waals surface area contributed by atoms with Crippen molar-refractivity contribution < 1.29 is 31.7 Å². The van der Waals surface area contributed by atoms with Crippen molar-refractivity contribution in [2.45, 2.75) is 6.18 Å². The van der Waals surface area contributed by atoms with Gasteiger partial charge in [-0.05, 0) is 30.3 Å². The number of halogens is 5. The first-order valence-electron chi connectivity index (χ1n) is 6.21. The molecule has 0 saturated heterocycles. The summed E-state index contributed by atoms with van der Waals surface area (Å²) < 4.78 is 64.3. The molecule has 0 unspecified atom stereocenters. The van der Waals surface area contributed by atoms with E-state index in [1.165, 1.54) is 0 Å². The van der Waals surface area contributed by atoms with Crippen molar-refractivity contribution in [2.24, 2.45) is 0 Å². The number of alkyl halides is 3. The van der Waals surface area contributed by atoms with Gasteiger partial charge in [-0.1, -0.05) is 0 Å². The summed E-state index contributed by atoms with van der Waals surface area (Å²) in [4.78, 5) is 21.5. The Morgan fingerprint density at radius 3 is 2.33 bits per heavy atom. The van der Waals surface area contributed by atoms with Gasteiger partial charge in [0.15, 0.2) is 0 Å². The third kappa shape index (κ3) is 3.83. The number of nitrogens with zero attached hydrogens (tertiary/aromatic N) is 1. The molecule has 2 rings (SSSR count). The second kappa shape index (κ2) is 6.22. The Bertz CT molecular complexity index is 821. The first-order chi connectivity index (χ1) is 11.1. The van der Waals surface area contributed by atoms with E-state index in [-0.39, 0.29) is 11.8 Å². The number of hydrogen-bond donors (Lipinski definition) is 1. The number of nitro groups is 1. The Balaban J connectivity index is 2.32. The van der Waals surface area contributed by atoms with E-state index in [9.17, 15) is 36.9 Å². The molecular formula is C14H7F5N2O3. The van der Waals surface area contributed by atoms with Crippen molar-refractivity contribution in [1.29, 1.82) is 0 Å². The van der Waals surface area contributed by atoms with Gasteiger partial charge in [-0.2, -0.15) is 17.6 Å². The first kappa shape index (κ1) is 17.3. The van der Waals surface area contributed by atoms with E-state index in [1.807, 2.05) is 5.32 Å². The Hall–Kier alpha value is -3.04. The third-order valence-corrected chi connectivity index (χ3v) is 2.89. The van der Waals surface area contributed by atoms with Crippen LogP contribution in [0.2, 0.25) is 0 Å². The molecule has 0 bridgehead atoms. The van der Waals surface area contributed by atoms with E-state index in [4.69, 9.17) is 0 Å². The van der Waals surface area contributed by atoms with Crippen molar-refractivity contribution in [2.75, 3.05) is 5.32 Å². The molecular weight excluding hydrogens is 339 g/mol. The highest BCUT2D eigenvalue weighted by Crippen LogP contribution is 2.30. The van der Waals surface area contributed by atoms with E-state index in [0.29, 0.717) is 24.3 Å². The molecule has 126 valence electrons. The number of amides is 1. The molecule has 0 aliphatic carbocycles. The molecule has 1 N–H and O–H groups in total. The zero-order chi connectivity index (χ0) is 18.1. The molecule has 0 saturated carbocycles. The predicted octanol–water partition coefficient (Wildman–Crippen LogP) is 4.14. The number of anilines is 1. The SMILES string of the molecule is O=C(Nc1ccc(F)c([N+](=O)[O-])c1)c1cc(F)cc(C(F)(F)F)c1. The first-order valence-corrected chi connectivity index (χ1v) is 6.21. The summed E-state index contributed by atoms with van der Waals surface area (Å²) >= 11 is 0. The minimum Gasteiger partial charge on any atom is -0.322 e. The van der Waals surface area contributed by atoms with Gasteiger partial charge in [0.2, 0.25) is 5.82 Å². The predicted molar refractivity (Wildman–Crippen MR) is 72.4 cm³/mol. The number of hydrogen-bond acceptors (Lipinski definition) is 3. The average molecular weight is 346 g/mol. The van der Waals surface area contributed by atoms with E-state index in [1.54, 1.807) is 0 Å². The van der Waals surface area contributed by atoms with Crippen molar-refractivity contribution in [3.05, 3.63) is 69.3 Å². The quantitative estimate of drug-likeness (QED) is 0.516. The van der Waals surface area contributed by atoms with Crippen LogP contribution in [-0.2, 0) is 6.18 Å². The number of nitro benzene ring substituents is 1. The van der Waals surface area contributed by atoms with Crippen LogP contribution in [0.25, 0.3) is 0 Å². The van der Waals surface area contributed by atoms with E-state index in [2.05, 4.69) is 0 Å². The number of rotatable bonds is 3. The van der Waals surface area contributed by atoms with Crippen LogP contribution >= 0.6 is 0 Å². The molecule has 1 amide bonds. The molecule has 2 aromatic rings. The summed E-state index contributed by atoms with van der Waals surface area (Å²) in [5.74, 6) is -3.57.